The van der Waals surface area contributed by atoms with Crippen molar-refractivity contribution in [1.29, 1.82) is 0 Å². The first-order chi connectivity index (χ1) is 7.00. The normalized spacial score (nSPS) is 12.6. The zero-order valence-corrected chi connectivity index (χ0v) is 8.68. The second kappa shape index (κ2) is 4.68. The van der Waals surface area contributed by atoms with Gasteiger partial charge < -0.3 is 16.6 Å². The van der Waals surface area contributed by atoms with Crippen molar-refractivity contribution in [2.75, 3.05) is 11.5 Å². The smallest absolute Gasteiger partial charge is 0.303 e. The van der Waals surface area contributed by atoms with Crippen molar-refractivity contribution < 1.29 is 9.90 Å². The van der Waals surface area contributed by atoms with E-state index in [1.807, 2.05) is 6.92 Å². The molecular weight excluding hydrogens is 196 g/mol. The van der Waals surface area contributed by atoms with E-state index in [0.29, 0.717) is 24.5 Å². The number of carboxylic acid groups (broad SMARTS) is 1. The molecular formula is C9H16N4O2. The molecule has 0 radical (unpaired) electrons. The molecule has 0 bridgehead atoms. The van der Waals surface area contributed by atoms with Crippen molar-refractivity contribution in [2.45, 2.75) is 26.3 Å². The van der Waals surface area contributed by atoms with Crippen LogP contribution < -0.4 is 11.5 Å². The van der Waals surface area contributed by atoms with E-state index in [-0.39, 0.29) is 12.3 Å². The van der Waals surface area contributed by atoms with Gasteiger partial charge in [-0.15, -0.1) is 0 Å². The summed E-state index contributed by atoms with van der Waals surface area (Å²) in [5, 5.41) is 12.5. The quantitative estimate of drug-likeness (QED) is 0.660. The van der Waals surface area contributed by atoms with Crippen molar-refractivity contribution in [2.24, 2.45) is 5.92 Å². The maximum Gasteiger partial charge on any atom is 0.303 e. The van der Waals surface area contributed by atoms with E-state index in [1.54, 1.807) is 4.68 Å². The van der Waals surface area contributed by atoms with E-state index in [2.05, 4.69) is 5.10 Å². The Morgan fingerprint density at radius 1 is 1.67 bits per heavy atom. The molecule has 1 aromatic heterocycles. The van der Waals surface area contributed by atoms with E-state index in [9.17, 15) is 4.79 Å². The highest BCUT2D eigenvalue weighted by molar-refractivity contribution is 5.66. The summed E-state index contributed by atoms with van der Waals surface area (Å²) in [4.78, 5) is 10.4. The van der Waals surface area contributed by atoms with Gasteiger partial charge in [-0.05, 0) is 12.3 Å². The minimum atomic E-state index is -0.783. The maximum absolute atomic E-state index is 10.4. The van der Waals surface area contributed by atoms with Gasteiger partial charge in [-0.3, -0.25) is 4.79 Å². The van der Waals surface area contributed by atoms with Gasteiger partial charge in [0.2, 0.25) is 0 Å². The Bertz CT molecular complexity index is 348. The number of aromatic nitrogens is 2. The predicted octanol–water partition coefficient (Wildman–Crippen LogP) is 0.548. The lowest BCUT2D eigenvalue weighted by atomic mass is 10.1. The fourth-order valence-electron chi connectivity index (χ4n) is 1.31. The lowest BCUT2D eigenvalue weighted by molar-refractivity contribution is -0.137. The van der Waals surface area contributed by atoms with Crippen molar-refractivity contribution >= 4 is 17.5 Å². The molecule has 0 saturated heterocycles. The third kappa shape index (κ3) is 3.16. The number of nitrogen functional groups attached to an aromatic ring is 2. The van der Waals surface area contributed by atoms with Gasteiger partial charge in [0, 0.05) is 13.0 Å². The van der Waals surface area contributed by atoms with Crippen LogP contribution in [0.25, 0.3) is 0 Å². The predicted molar refractivity (Wildman–Crippen MR) is 57.1 cm³/mol. The second-order valence-electron chi connectivity index (χ2n) is 3.70. The molecule has 1 atom stereocenters. The van der Waals surface area contributed by atoms with E-state index < -0.39 is 5.97 Å². The molecule has 0 aliphatic rings. The molecule has 6 heteroatoms. The van der Waals surface area contributed by atoms with Crippen molar-refractivity contribution in [3.8, 4) is 0 Å². The molecule has 0 spiro atoms. The van der Waals surface area contributed by atoms with Crippen LogP contribution in [0.5, 0.6) is 0 Å². The maximum atomic E-state index is 10.4. The van der Waals surface area contributed by atoms with E-state index in [1.165, 1.54) is 6.20 Å². The number of carboxylic acids is 1. The van der Waals surface area contributed by atoms with Gasteiger partial charge in [-0.25, -0.2) is 4.68 Å². The third-order valence-electron chi connectivity index (χ3n) is 2.25. The zero-order chi connectivity index (χ0) is 11.4. The van der Waals surface area contributed by atoms with E-state index >= 15 is 0 Å². The van der Waals surface area contributed by atoms with Gasteiger partial charge in [0.05, 0.1) is 11.9 Å². The van der Waals surface area contributed by atoms with Crippen molar-refractivity contribution in [3.63, 3.8) is 0 Å². The molecule has 0 aliphatic carbocycles. The summed E-state index contributed by atoms with van der Waals surface area (Å²) in [5.74, 6) is -0.130. The highest BCUT2D eigenvalue weighted by atomic mass is 16.4. The molecule has 15 heavy (non-hydrogen) atoms. The van der Waals surface area contributed by atoms with Crippen LogP contribution in [-0.4, -0.2) is 20.9 Å². The number of hydrogen-bond donors (Lipinski definition) is 3. The van der Waals surface area contributed by atoms with Gasteiger partial charge in [-0.1, -0.05) is 6.92 Å². The summed E-state index contributed by atoms with van der Waals surface area (Å²) in [6, 6.07) is 0. The Labute approximate surface area is 87.9 Å². The van der Waals surface area contributed by atoms with E-state index in [0.717, 1.165) is 0 Å². The number of carbonyl (C=O) groups is 1. The molecule has 0 aromatic carbocycles. The monoisotopic (exact) mass is 212 g/mol. The Morgan fingerprint density at radius 2 is 2.33 bits per heavy atom. The molecule has 1 unspecified atom stereocenters. The molecule has 84 valence electrons. The standard InChI is InChI=1S/C9H16N4O2/c1-6(2-3-8(14)15)5-13-9(11)7(10)4-12-13/h4,6H,2-3,5,10-11H2,1H3,(H,14,15). The van der Waals surface area contributed by atoms with Gasteiger partial charge in [0.1, 0.15) is 5.82 Å². The summed E-state index contributed by atoms with van der Waals surface area (Å²) in [5.41, 5.74) is 11.7. The molecule has 5 N–H and O–H groups in total. The first-order valence-electron chi connectivity index (χ1n) is 4.79. The summed E-state index contributed by atoms with van der Waals surface area (Å²) in [6.45, 7) is 2.55. The van der Waals surface area contributed by atoms with Crippen molar-refractivity contribution in [3.05, 3.63) is 6.20 Å². The second-order valence-corrected chi connectivity index (χ2v) is 3.70. The number of hydrogen-bond acceptors (Lipinski definition) is 4. The van der Waals surface area contributed by atoms with Crippen LogP contribution in [0.2, 0.25) is 0 Å². The SMILES string of the molecule is CC(CCC(=O)O)Cn1ncc(N)c1N. The molecule has 0 fully saturated rings. The lowest BCUT2D eigenvalue weighted by Gasteiger charge is -2.11. The molecule has 6 nitrogen and oxygen atoms in total. The Morgan fingerprint density at radius 3 is 2.80 bits per heavy atom. The first-order valence-corrected chi connectivity index (χ1v) is 4.79. The number of rotatable bonds is 5. The summed E-state index contributed by atoms with van der Waals surface area (Å²) >= 11 is 0. The number of aliphatic carboxylic acids is 1. The van der Waals surface area contributed by atoms with Gasteiger partial charge in [-0.2, -0.15) is 5.10 Å². The molecule has 1 heterocycles. The summed E-state index contributed by atoms with van der Waals surface area (Å²) in [6.07, 6.45) is 2.27. The highest BCUT2D eigenvalue weighted by Crippen LogP contribution is 2.16. The first kappa shape index (κ1) is 11.4. The van der Waals surface area contributed by atoms with E-state index in [4.69, 9.17) is 16.6 Å². The average Bonchev–Trinajstić information content (AvgIpc) is 2.47. The minimum absolute atomic E-state index is 0.165. The average molecular weight is 212 g/mol. The van der Waals surface area contributed by atoms with Crippen LogP contribution in [0, 0.1) is 5.92 Å². The van der Waals surface area contributed by atoms with Crippen LogP contribution in [0.15, 0.2) is 6.20 Å². The Balaban J connectivity index is 2.47. The van der Waals surface area contributed by atoms with Crippen LogP contribution in [0.3, 0.4) is 0 Å². The molecule has 0 aliphatic heterocycles. The number of nitrogens with zero attached hydrogens (tertiary/aromatic N) is 2. The Kier molecular flexibility index (Phi) is 3.54. The lowest BCUT2D eigenvalue weighted by Crippen LogP contribution is -2.13. The van der Waals surface area contributed by atoms with Gasteiger partial charge in [0.15, 0.2) is 0 Å². The largest absolute Gasteiger partial charge is 0.481 e. The van der Waals surface area contributed by atoms with Crippen molar-refractivity contribution in [1.82, 2.24) is 9.78 Å². The summed E-state index contributed by atoms with van der Waals surface area (Å²) < 4.78 is 1.60. The molecule has 0 amide bonds. The zero-order valence-electron chi connectivity index (χ0n) is 8.68. The Hall–Kier alpha value is -1.72. The highest BCUT2D eigenvalue weighted by Gasteiger charge is 2.10. The van der Waals surface area contributed by atoms with Gasteiger partial charge in [0.25, 0.3) is 0 Å². The molecule has 1 aromatic rings. The van der Waals surface area contributed by atoms with Crippen LogP contribution in [0.1, 0.15) is 19.8 Å². The van der Waals surface area contributed by atoms with Crippen LogP contribution in [0.4, 0.5) is 11.5 Å². The minimum Gasteiger partial charge on any atom is -0.481 e. The molecule has 1 rings (SSSR count). The van der Waals surface area contributed by atoms with Crippen LogP contribution in [-0.2, 0) is 11.3 Å². The number of nitrogens with two attached hydrogens (primary N) is 2. The van der Waals surface area contributed by atoms with Crippen LogP contribution >= 0.6 is 0 Å². The van der Waals surface area contributed by atoms with Gasteiger partial charge >= 0.3 is 5.97 Å². The summed E-state index contributed by atoms with van der Waals surface area (Å²) in [7, 11) is 0. The fraction of sp³-hybridized carbons (Fsp3) is 0.556. The number of anilines is 2. The third-order valence-corrected chi connectivity index (χ3v) is 2.25. The molecule has 0 saturated carbocycles. The fourth-order valence-corrected chi connectivity index (χ4v) is 1.31. The topological polar surface area (TPSA) is 107 Å².